The minimum absolute atomic E-state index is 0.0771. The fourth-order valence-corrected chi connectivity index (χ4v) is 2.18. The average Bonchev–Trinajstić information content (AvgIpc) is 2.67. The maximum Gasteiger partial charge on any atom is 0.407 e. The number of ether oxygens (including phenoxy) is 1. The average molecular weight is 313 g/mol. The van der Waals surface area contributed by atoms with Gasteiger partial charge in [0.15, 0.2) is 0 Å². The number of amides is 3. The Morgan fingerprint density at radius 2 is 2.00 bits per heavy atom. The molecule has 126 valence electrons. The van der Waals surface area contributed by atoms with Crippen molar-refractivity contribution in [2.24, 2.45) is 0 Å². The molecule has 2 unspecified atom stereocenters. The summed E-state index contributed by atoms with van der Waals surface area (Å²) in [5.74, 6) is -0.325. The Hall–Kier alpha value is -1.63. The zero-order chi connectivity index (χ0) is 16.9. The predicted octanol–water partition coefficient (Wildman–Crippen LogP) is 1.03. The summed E-state index contributed by atoms with van der Waals surface area (Å²) < 4.78 is 5.10. The quantitative estimate of drug-likeness (QED) is 0.565. The van der Waals surface area contributed by atoms with Crippen molar-refractivity contribution < 1.29 is 19.1 Å². The van der Waals surface area contributed by atoms with E-state index < -0.39 is 17.7 Å². The van der Waals surface area contributed by atoms with Gasteiger partial charge in [0, 0.05) is 19.1 Å². The molecule has 1 heterocycles. The van der Waals surface area contributed by atoms with Crippen LogP contribution in [-0.2, 0) is 14.3 Å². The molecule has 2 N–H and O–H groups in total. The van der Waals surface area contributed by atoms with Crippen LogP contribution in [0.25, 0.3) is 0 Å². The standard InChI is InChI=1S/C15H27N3O4/c1-6-10(2)18-12(19)9-11(13(18)20)16-7-8-17-14(21)22-15(3,4)5/h10-11,16H,6-9H2,1-5H3,(H,17,21). The molecule has 7 nitrogen and oxygen atoms in total. The van der Waals surface area contributed by atoms with Gasteiger partial charge in [-0.05, 0) is 34.1 Å². The Morgan fingerprint density at radius 3 is 2.55 bits per heavy atom. The minimum atomic E-state index is -0.540. The van der Waals surface area contributed by atoms with Crippen LogP contribution in [0.5, 0.6) is 0 Å². The first-order valence-corrected chi connectivity index (χ1v) is 7.71. The lowest BCUT2D eigenvalue weighted by molar-refractivity contribution is -0.141. The zero-order valence-corrected chi connectivity index (χ0v) is 14.1. The van der Waals surface area contributed by atoms with E-state index in [1.54, 1.807) is 20.8 Å². The molecule has 0 aliphatic carbocycles. The summed E-state index contributed by atoms with van der Waals surface area (Å²) >= 11 is 0. The summed E-state index contributed by atoms with van der Waals surface area (Å²) in [6.07, 6.45) is 0.421. The van der Waals surface area contributed by atoms with Crippen molar-refractivity contribution in [2.75, 3.05) is 13.1 Å². The van der Waals surface area contributed by atoms with Crippen LogP contribution >= 0.6 is 0 Å². The van der Waals surface area contributed by atoms with Crippen LogP contribution in [0, 0.1) is 0 Å². The van der Waals surface area contributed by atoms with Gasteiger partial charge in [0.1, 0.15) is 5.60 Å². The Bertz CT molecular complexity index is 431. The first kappa shape index (κ1) is 18.4. The zero-order valence-electron chi connectivity index (χ0n) is 14.1. The van der Waals surface area contributed by atoms with Crippen LogP contribution in [0.15, 0.2) is 0 Å². The first-order chi connectivity index (χ1) is 10.2. The highest BCUT2D eigenvalue weighted by atomic mass is 16.6. The number of imide groups is 1. The number of hydrogen-bond acceptors (Lipinski definition) is 5. The highest BCUT2D eigenvalue weighted by Gasteiger charge is 2.40. The second-order valence-corrected chi connectivity index (χ2v) is 6.50. The summed E-state index contributed by atoms with van der Waals surface area (Å²) in [7, 11) is 0. The van der Waals surface area contributed by atoms with Crippen LogP contribution in [0.3, 0.4) is 0 Å². The molecule has 1 aliphatic heterocycles. The largest absolute Gasteiger partial charge is 0.444 e. The van der Waals surface area contributed by atoms with Gasteiger partial charge in [-0.15, -0.1) is 0 Å². The Labute approximate surface area is 131 Å². The third-order valence-electron chi connectivity index (χ3n) is 3.40. The molecule has 0 bridgehead atoms. The predicted molar refractivity (Wildman–Crippen MR) is 82.3 cm³/mol. The summed E-state index contributed by atoms with van der Waals surface area (Å²) in [6.45, 7) is 9.90. The molecule has 0 aromatic rings. The number of nitrogens with one attached hydrogen (secondary N) is 2. The molecule has 2 atom stereocenters. The van der Waals surface area contributed by atoms with E-state index in [4.69, 9.17) is 4.74 Å². The molecular weight excluding hydrogens is 286 g/mol. The number of alkyl carbamates (subject to hydrolysis) is 1. The maximum absolute atomic E-state index is 12.2. The van der Waals surface area contributed by atoms with Gasteiger partial charge in [0.25, 0.3) is 0 Å². The van der Waals surface area contributed by atoms with Crippen LogP contribution in [0.4, 0.5) is 4.79 Å². The van der Waals surface area contributed by atoms with E-state index in [0.717, 1.165) is 6.42 Å². The molecule has 0 radical (unpaired) electrons. The molecule has 1 fully saturated rings. The summed E-state index contributed by atoms with van der Waals surface area (Å²) in [6, 6.07) is -0.575. The summed E-state index contributed by atoms with van der Waals surface area (Å²) in [5.41, 5.74) is -0.540. The molecule has 0 spiro atoms. The molecule has 0 aromatic carbocycles. The molecule has 0 saturated carbocycles. The lowest BCUT2D eigenvalue weighted by atomic mass is 10.2. The third-order valence-corrected chi connectivity index (χ3v) is 3.40. The van der Waals surface area contributed by atoms with Crippen LogP contribution in [0.1, 0.15) is 47.5 Å². The van der Waals surface area contributed by atoms with E-state index in [1.807, 2.05) is 13.8 Å². The fourth-order valence-electron chi connectivity index (χ4n) is 2.18. The van der Waals surface area contributed by atoms with Crippen molar-refractivity contribution in [3.05, 3.63) is 0 Å². The van der Waals surface area contributed by atoms with E-state index in [0.29, 0.717) is 13.1 Å². The number of likely N-dealkylation sites (tertiary alicyclic amines) is 1. The maximum atomic E-state index is 12.2. The smallest absolute Gasteiger partial charge is 0.407 e. The molecule has 1 rings (SSSR count). The number of carbonyl (C=O) groups is 3. The van der Waals surface area contributed by atoms with E-state index in [1.165, 1.54) is 4.90 Å². The van der Waals surface area contributed by atoms with Gasteiger partial charge in [-0.2, -0.15) is 0 Å². The normalized spacial score (nSPS) is 20.2. The minimum Gasteiger partial charge on any atom is -0.444 e. The van der Waals surface area contributed by atoms with Crippen LogP contribution in [0.2, 0.25) is 0 Å². The molecule has 1 saturated heterocycles. The van der Waals surface area contributed by atoms with Gasteiger partial charge < -0.3 is 15.4 Å². The van der Waals surface area contributed by atoms with Crippen molar-refractivity contribution >= 4 is 17.9 Å². The second kappa shape index (κ2) is 7.58. The fraction of sp³-hybridized carbons (Fsp3) is 0.800. The Morgan fingerprint density at radius 1 is 1.36 bits per heavy atom. The highest BCUT2D eigenvalue weighted by Crippen LogP contribution is 2.17. The summed E-state index contributed by atoms with van der Waals surface area (Å²) in [4.78, 5) is 36.8. The van der Waals surface area contributed by atoms with Crippen LogP contribution in [-0.4, -0.2) is 53.6 Å². The lowest BCUT2D eigenvalue weighted by Gasteiger charge is -2.22. The van der Waals surface area contributed by atoms with E-state index in [-0.39, 0.29) is 24.3 Å². The van der Waals surface area contributed by atoms with Gasteiger partial charge in [-0.3, -0.25) is 14.5 Å². The van der Waals surface area contributed by atoms with Gasteiger partial charge in [-0.1, -0.05) is 6.92 Å². The Balaban J connectivity index is 2.33. The van der Waals surface area contributed by atoms with Gasteiger partial charge in [-0.25, -0.2) is 4.79 Å². The van der Waals surface area contributed by atoms with Crippen molar-refractivity contribution in [1.82, 2.24) is 15.5 Å². The number of carbonyl (C=O) groups excluding carboxylic acids is 3. The molecule has 0 aromatic heterocycles. The van der Waals surface area contributed by atoms with E-state index in [2.05, 4.69) is 10.6 Å². The number of hydrogen-bond donors (Lipinski definition) is 2. The van der Waals surface area contributed by atoms with Gasteiger partial charge >= 0.3 is 6.09 Å². The molecular formula is C15H27N3O4. The van der Waals surface area contributed by atoms with Gasteiger partial charge in [0.05, 0.1) is 12.5 Å². The number of nitrogens with zero attached hydrogens (tertiary/aromatic N) is 1. The SMILES string of the molecule is CCC(C)N1C(=O)CC(NCCNC(=O)OC(C)(C)C)C1=O. The van der Waals surface area contributed by atoms with Crippen molar-refractivity contribution in [3.8, 4) is 0 Å². The molecule has 3 amide bonds. The number of rotatable bonds is 6. The van der Waals surface area contributed by atoms with E-state index in [9.17, 15) is 14.4 Å². The molecule has 7 heteroatoms. The van der Waals surface area contributed by atoms with Gasteiger partial charge in [0.2, 0.25) is 11.8 Å². The topological polar surface area (TPSA) is 87.7 Å². The lowest BCUT2D eigenvalue weighted by Crippen LogP contribution is -2.44. The summed E-state index contributed by atoms with van der Waals surface area (Å²) in [5, 5.41) is 5.61. The van der Waals surface area contributed by atoms with E-state index >= 15 is 0 Å². The first-order valence-electron chi connectivity index (χ1n) is 7.71. The van der Waals surface area contributed by atoms with Crippen molar-refractivity contribution in [1.29, 1.82) is 0 Å². The third kappa shape index (κ3) is 5.29. The van der Waals surface area contributed by atoms with Crippen molar-refractivity contribution in [3.63, 3.8) is 0 Å². The molecule has 22 heavy (non-hydrogen) atoms. The van der Waals surface area contributed by atoms with Crippen LogP contribution < -0.4 is 10.6 Å². The second-order valence-electron chi connectivity index (χ2n) is 6.50. The monoisotopic (exact) mass is 313 g/mol. The Kier molecular flexibility index (Phi) is 6.34. The van der Waals surface area contributed by atoms with Crippen molar-refractivity contribution in [2.45, 2.75) is 65.1 Å². The molecule has 1 aliphatic rings. The highest BCUT2D eigenvalue weighted by molar-refractivity contribution is 6.05.